The van der Waals surface area contributed by atoms with Gasteiger partial charge in [-0.2, -0.15) is 0 Å². The third kappa shape index (κ3) is 10.9. The van der Waals surface area contributed by atoms with E-state index >= 15 is 0 Å². The van der Waals surface area contributed by atoms with Crippen LogP contribution in [0.2, 0.25) is 0 Å². The smallest absolute Gasteiger partial charge is 0.230 e. The summed E-state index contributed by atoms with van der Waals surface area (Å²) < 4.78 is 0.0947. The van der Waals surface area contributed by atoms with Gasteiger partial charge in [-0.3, -0.25) is 4.79 Å². The summed E-state index contributed by atoms with van der Waals surface area (Å²) in [5.74, 6) is 1.02. The molecule has 0 bridgehead atoms. The Kier molecular flexibility index (Phi) is 7.30. The lowest BCUT2D eigenvalue weighted by molar-refractivity contribution is -0.119. The second-order valence-electron chi connectivity index (χ2n) is 6.61. The number of carbonyl (C=O) groups is 1. The molecule has 0 aromatic rings. The van der Waals surface area contributed by atoms with E-state index < -0.39 is 5.60 Å². The Balaban J connectivity index is 3.89. The molecule has 0 spiro atoms. The molecule has 3 nitrogen and oxygen atoms in total. The fourth-order valence-corrected chi connectivity index (χ4v) is 1.98. The van der Waals surface area contributed by atoms with Crippen LogP contribution >= 0.6 is 11.8 Å². The van der Waals surface area contributed by atoms with Crippen molar-refractivity contribution in [2.45, 2.75) is 64.7 Å². The number of hydrogen-bond donors (Lipinski definition) is 2. The lowest BCUT2D eigenvalue weighted by atomic mass is 9.95. The molecule has 0 aliphatic carbocycles. The number of carbonyl (C=O) groups excluding carboxylic acids is 1. The molecule has 1 amide bonds. The van der Waals surface area contributed by atoms with Crippen LogP contribution in [-0.2, 0) is 4.79 Å². The average molecular weight is 275 g/mol. The lowest BCUT2D eigenvalue weighted by Crippen LogP contribution is -2.41. The molecular weight excluding hydrogens is 246 g/mol. The van der Waals surface area contributed by atoms with E-state index in [0.717, 1.165) is 12.8 Å². The maximum atomic E-state index is 11.6. The number of amides is 1. The standard InChI is InChI=1S/C14H29NO2S/c1-11(2)7-8-14(6,17)10-15-12(16)9-18-13(3,4)5/h11,17H,7-10H2,1-6H3,(H,15,16). The molecule has 108 valence electrons. The number of aliphatic hydroxyl groups is 1. The van der Waals surface area contributed by atoms with Crippen molar-refractivity contribution in [2.24, 2.45) is 5.92 Å². The summed E-state index contributed by atoms with van der Waals surface area (Å²) in [7, 11) is 0. The first-order valence-electron chi connectivity index (χ1n) is 6.65. The van der Waals surface area contributed by atoms with E-state index in [1.807, 2.05) is 0 Å². The minimum absolute atomic E-state index is 0.000234. The van der Waals surface area contributed by atoms with Crippen LogP contribution in [0.15, 0.2) is 0 Å². The molecule has 1 unspecified atom stereocenters. The Labute approximate surface area is 116 Å². The van der Waals surface area contributed by atoms with Gasteiger partial charge in [0, 0.05) is 11.3 Å². The van der Waals surface area contributed by atoms with Gasteiger partial charge < -0.3 is 10.4 Å². The molecule has 0 aliphatic heterocycles. The highest BCUT2D eigenvalue weighted by Gasteiger charge is 2.22. The first-order chi connectivity index (χ1) is 8.02. The molecule has 18 heavy (non-hydrogen) atoms. The highest BCUT2D eigenvalue weighted by atomic mass is 32.2. The Bertz CT molecular complexity index is 257. The van der Waals surface area contributed by atoms with Gasteiger partial charge in [-0.25, -0.2) is 0 Å². The summed E-state index contributed by atoms with van der Waals surface area (Å²) >= 11 is 1.62. The summed E-state index contributed by atoms with van der Waals surface area (Å²) in [6, 6.07) is 0. The van der Waals surface area contributed by atoms with E-state index in [9.17, 15) is 9.90 Å². The average Bonchev–Trinajstić information content (AvgIpc) is 2.20. The van der Waals surface area contributed by atoms with Crippen molar-refractivity contribution in [3.8, 4) is 0 Å². The fraction of sp³-hybridized carbons (Fsp3) is 0.929. The van der Waals surface area contributed by atoms with E-state index in [0.29, 0.717) is 18.2 Å². The third-order valence-corrected chi connectivity index (χ3v) is 3.84. The molecule has 0 radical (unpaired) electrons. The molecule has 0 aromatic carbocycles. The van der Waals surface area contributed by atoms with Gasteiger partial charge in [-0.05, 0) is 25.7 Å². The first-order valence-corrected chi connectivity index (χ1v) is 7.63. The van der Waals surface area contributed by atoms with E-state index in [1.165, 1.54) is 0 Å². The zero-order valence-electron chi connectivity index (χ0n) is 12.7. The minimum atomic E-state index is -0.799. The van der Waals surface area contributed by atoms with Crippen LogP contribution in [0.1, 0.15) is 54.4 Å². The van der Waals surface area contributed by atoms with Crippen LogP contribution in [-0.4, -0.2) is 33.7 Å². The maximum Gasteiger partial charge on any atom is 0.230 e. The Hall–Kier alpha value is -0.220. The Morgan fingerprint density at radius 3 is 2.28 bits per heavy atom. The van der Waals surface area contributed by atoms with Crippen molar-refractivity contribution in [1.82, 2.24) is 5.32 Å². The van der Waals surface area contributed by atoms with Crippen molar-refractivity contribution in [3.63, 3.8) is 0 Å². The zero-order chi connectivity index (χ0) is 14.4. The molecule has 2 N–H and O–H groups in total. The number of thioether (sulfide) groups is 1. The third-order valence-electron chi connectivity index (χ3n) is 2.56. The zero-order valence-corrected chi connectivity index (χ0v) is 13.5. The number of nitrogens with one attached hydrogen (secondary N) is 1. The molecule has 0 aromatic heterocycles. The number of hydrogen-bond acceptors (Lipinski definition) is 3. The Morgan fingerprint density at radius 1 is 1.28 bits per heavy atom. The van der Waals surface area contributed by atoms with Crippen LogP contribution in [0, 0.1) is 5.92 Å². The molecule has 4 heteroatoms. The van der Waals surface area contributed by atoms with Crippen molar-refractivity contribution >= 4 is 17.7 Å². The molecule has 0 aliphatic rings. The Morgan fingerprint density at radius 2 is 1.83 bits per heavy atom. The van der Waals surface area contributed by atoms with Crippen molar-refractivity contribution < 1.29 is 9.90 Å². The predicted octanol–water partition coefficient (Wildman–Crippen LogP) is 2.82. The van der Waals surface area contributed by atoms with Crippen molar-refractivity contribution in [3.05, 3.63) is 0 Å². The summed E-state index contributed by atoms with van der Waals surface area (Å²) in [5.41, 5.74) is -0.799. The van der Waals surface area contributed by atoms with Gasteiger partial charge in [0.2, 0.25) is 5.91 Å². The maximum absolute atomic E-state index is 11.6. The van der Waals surface area contributed by atoms with E-state index in [-0.39, 0.29) is 10.7 Å². The molecule has 1 atom stereocenters. The van der Waals surface area contributed by atoms with Crippen LogP contribution in [0.4, 0.5) is 0 Å². The quantitative estimate of drug-likeness (QED) is 0.751. The van der Waals surface area contributed by atoms with E-state index in [4.69, 9.17) is 0 Å². The van der Waals surface area contributed by atoms with Crippen molar-refractivity contribution in [1.29, 1.82) is 0 Å². The second kappa shape index (κ2) is 7.39. The normalized spacial score (nSPS) is 15.6. The molecular formula is C14H29NO2S. The van der Waals surface area contributed by atoms with Gasteiger partial charge in [0.25, 0.3) is 0 Å². The first kappa shape index (κ1) is 17.8. The van der Waals surface area contributed by atoms with Crippen LogP contribution in [0.5, 0.6) is 0 Å². The highest BCUT2D eigenvalue weighted by molar-refractivity contribution is 8.01. The fourth-order valence-electron chi connectivity index (χ4n) is 1.31. The summed E-state index contributed by atoms with van der Waals surface area (Å²) in [4.78, 5) is 11.6. The molecule has 0 saturated heterocycles. The van der Waals surface area contributed by atoms with Crippen LogP contribution in [0.3, 0.4) is 0 Å². The van der Waals surface area contributed by atoms with Crippen LogP contribution < -0.4 is 5.32 Å². The van der Waals surface area contributed by atoms with Crippen LogP contribution in [0.25, 0.3) is 0 Å². The topological polar surface area (TPSA) is 49.3 Å². The van der Waals surface area contributed by atoms with Gasteiger partial charge in [0.05, 0.1) is 11.4 Å². The summed E-state index contributed by atoms with van der Waals surface area (Å²) in [6.07, 6.45) is 1.69. The van der Waals surface area contributed by atoms with Crippen molar-refractivity contribution in [2.75, 3.05) is 12.3 Å². The van der Waals surface area contributed by atoms with Gasteiger partial charge in [0.15, 0.2) is 0 Å². The van der Waals surface area contributed by atoms with E-state index in [1.54, 1.807) is 18.7 Å². The second-order valence-corrected chi connectivity index (χ2v) is 8.41. The lowest BCUT2D eigenvalue weighted by Gasteiger charge is -2.25. The predicted molar refractivity (Wildman–Crippen MR) is 79.9 cm³/mol. The summed E-state index contributed by atoms with van der Waals surface area (Å²) in [5, 5.41) is 12.9. The monoisotopic (exact) mass is 275 g/mol. The van der Waals surface area contributed by atoms with Gasteiger partial charge in [-0.15, -0.1) is 11.8 Å². The molecule has 0 rings (SSSR count). The van der Waals surface area contributed by atoms with E-state index in [2.05, 4.69) is 39.9 Å². The molecule has 0 heterocycles. The highest BCUT2D eigenvalue weighted by Crippen LogP contribution is 2.22. The van der Waals surface area contributed by atoms with Gasteiger partial charge in [0.1, 0.15) is 0 Å². The minimum Gasteiger partial charge on any atom is -0.388 e. The number of rotatable bonds is 7. The molecule has 0 fully saturated rings. The van der Waals surface area contributed by atoms with Gasteiger partial charge >= 0.3 is 0 Å². The molecule has 0 saturated carbocycles. The summed E-state index contributed by atoms with van der Waals surface area (Å²) in [6.45, 7) is 12.6. The SMILES string of the molecule is CC(C)CCC(C)(O)CNC(=O)CSC(C)(C)C. The largest absolute Gasteiger partial charge is 0.388 e. The van der Waals surface area contributed by atoms with Gasteiger partial charge in [-0.1, -0.05) is 34.6 Å².